The third-order valence-corrected chi connectivity index (χ3v) is 3.37. The van der Waals surface area contributed by atoms with Crippen molar-refractivity contribution in [2.24, 2.45) is 0 Å². The van der Waals surface area contributed by atoms with Crippen LogP contribution >= 0.6 is 0 Å². The molecule has 96 valence electrons. The molecule has 0 aromatic heterocycles. The Bertz CT molecular complexity index is 479. The summed E-state index contributed by atoms with van der Waals surface area (Å²) in [6.45, 7) is 4.39. The Labute approximate surface area is 108 Å². The van der Waals surface area contributed by atoms with Gasteiger partial charge in [-0.25, -0.2) is 0 Å². The van der Waals surface area contributed by atoms with Gasteiger partial charge >= 0.3 is 0 Å². The van der Waals surface area contributed by atoms with Crippen molar-refractivity contribution in [2.75, 3.05) is 11.4 Å². The van der Waals surface area contributed by atoms with E-state index in [0.717, 1.165) is 42.6 Å². The van der Waals surface area contributed by atoms with Crippen LogP contribution in [-0.4, -0.2) is 18.2 Å². The zero-order valence-corrected chi connectivity index (χ0v) is 11.0. The molecule has 0 unspecified atom stereocenters. The molecule has 0 spiro atoms. The maximum atomic E-state index is 12.0. The van der Waals surface area contributed by atoms with Gasteiger partial charge in [-0.05, 0) is 49.9 Å². The first-order valence-corrected chi connectivity index (χ1v) is 6.57. The molecule has 18 heavy (non-hydrogen) atoms. The highest BCUT2D eigenvalue weighted by atomic mass is 16.2. The monoisotopic (exact) mass is 245 g/mol. The van der Waals surface area contributed by atoms with E-state index in [1.54, 1.807) is 6.92 Å². The van der Waals surface area contributed by atoms with Crippen LogP contribution < -0.4 is 4.90 Å². The summed E-state index contributed by atoms with van der Waals surface area (Å²) in [7, 11) is 0. The number of anilines is 1. The lowest BCUT2D eigenvalue weighted by Gasteiger charge is -2.29. The third kappa shape index (κ3) is 2.45. The van der Waals surface area contributed by atoms with E-state index in [0.29, 0.717) is 6.42 Å². The lowest BCUT2D eigenvalue weighted by molar-refractivity contribution is -0.118. The number of nitrogens with zero attached hydrogens (tertiary/aromatic N) is 1. The number of rotatable bonds is 3. The van der Waals surface area contributed by atoms with Crippen molar-refractivity contribution >= 4 is 17.4 Å². The SMILES string of the molecule is CCCC(=O)N1CCCc2cc(C(C)=O)ccc21. The second kappa shape index (κ2) is 5.34. The van der Waals surface area contributed by atoms with Gasteiger partial charge in [0.15, 0.2) is 5.78 Å². The fourth-order valence-electron chi connectivity index (χ4n) is 2.42. The molecule has 0 aliphatic carbocycles. The molecule has 0 atom stereocenters. The summed E-state index contributed by atoms with van der Waals surface area (Å²) in [5.74, 6) is 0.267. The molecule has 1 aromatic rings. The summed E-state index contributed by atoms with van der Waals surface area (Å²) in [5, 5.41) is 0. The van der Waals surface area contributed by atoms with E-state index in [2.05, 4.69) is 0 Å². The summed E-state index contributed by atoms with van der Waals surface area (Å²) in [5.41, 5.74) is 2.85. The Kier molecular flexibility index (Phi) is 3.80. The average molecular weight is 245 g/mol. The van der Waals surface area contributed by atoms with Crippen LogP contribution in [0.3, 0.4) is 0 Å². The molecule has 0 saturated heterocycles. The van der Waals surface area contributed by atoms with E-state index in [-0.39, 0.29) is 11.7 Å². The maximum absolute atomic E-state index is 12.0. The second-order valence-electron chi connectivity index (χ2n) is 4.80. The van der Waals surface area contributed by atoms with Gasteiger partial charge < -0.3 is 4.90 Å². The first kappa shape index (κ1) is 12.8. The molecule has 1 amide bonds. The summed E-state index contributed by atoms with van der Waals surface area (Å²) < 4.78 is 0. The largest absolute Gasteiger partial charge is 0.312 e. The van der Waals surface area contributed by atoms with Crippen molar-refractivity contribution in [2.45, 2.75) is 39.5 Å². The fraction of sp³-hybridized carbons (Fsp3) is 0.467. The Morgan fingerprint density at radius 2 is 2.11 bits per heavy atom. The van der Waals surface area contributed by atoms with Crippen molar-refractivity contribution in [3.8, 4) is 0 Å². The van der Waals surface area contributed by atoms with Gasteiger partial charge in [-0.1, -0.05) is 6.92 Å². The van der Waals surface area contributed by atoms with Gasteiger partial charge in [-0.15, -0.1) is 0 Å². The van der Waals surface area contributed by atoms with Crippen LogP contribution in [0.1, 0.15) is 49.0 Å². The maximum Gasteiger partial charge on any atom is 0.226 e. The average Bonchev–Trinajstić information content (AvgIpc) is 2.37. The van der Waals surface area contributed by atoms with Gasteiger partial charge in [0, 0.05) is 24.2 Å². The number of Topliss-reactive ketones (excluding diaryl/α,β-unsaturated/α-hetero) is 1. The molecular weight excluding hydrogens is 226 g/mol. The smallest absolute Gasteiger partial charge is 0.226 e. The number of benzene rings is 1. The van der Waals surface area contributed by atoms with Crippen LogP contribution in [0.15, 0.2) is 18.2 Å². The highest BCUT2D eigenvalue weighted by Gasteiger charge is 2.22. The van der Waals surface area contributed by atoms with Gasteiger partial charge in [0.25, 0.3) is 0 Å². The highest BCUT2D eigenvalue weighted by molar-refractivity contribution is 5.97. The number of fused-ring (bicyclic) bond motifs is 1. The molecule has 1 aliphatic heterocycles. The van der Waals surface area contributed by atoms with Crippen LogP contribution in [0.25, 0.3) is 0 Å². The molecule has 2 rings (SSSR count). The van der Waals surface area contributed by atoms with E-state index in [1.807, 2.05) is 30.0 Å². The molecule has 1 aromatic carbocycles. The fourth-order valence-corrected chi connectivity index (χ4v) is 2.42. The van der Waals surface area contributed by atoms with Crippen LogP contribution in [0.5, 0.6) is 0 Å². The van der Waals surface area contributed by atoms with E-state index < -0.39 is 0 Å². The van der Waals surface area contributed by atoms with Crippen LogP contribution in [-0.2, 0) is 11.2 Å². The summed E-state index contributed by atoms with van der Waals surface area (Å²) in [4.78, 5) is 25.3. The van der Waals surface area contributed by atoms with Crippen LogP contribution in [0.2, 0.25) is 0 Å². The minimum atomic E-state index is 0.0785. The van der Waals surface area contributed by atoms with Gasteiger partial charge in [0.2, 0.25) is 5.91 Å². The van der Waals surface area contributed by atoms with E-state index in [9.17, 15) is 9.59 Å². The van der Waals surface area contributed by atoms with Gasteiger partial charge in [-0.2, -0.15) is 0 Å². The molecule has 1 aliphatic rings. The predicted molar refractivity (Wildman–Crippen MR) is 72.0 cm³/mol. The molecular formula is C15H19NO2. The van der Waals surface area contributed by atoms with Crippen molar-refractivity contribution in [1.29, 1.82) is 0 Å². The molecule has 1 heterocycles. The molecule has 3 heteroatoms. The van der Waals surface area contributed by atoms with Crippen molar-refractivity contribution in [1.82, 2.24) is 0 Å². The van der Waals surface area contributed by atoms with Gasteiger partial charge in [0.05, 0.1) is 0 Å². The predicted octanol–water partition coefficient (Wildman–Crippen LogP) is 2.97. The third-order valence-electron chi connectivity index (χ3n) is 3.37. The molecule has 3 nitrogen and oxygen atoms in total. The molecule has 0 saturated carbocycles. The minimum Gasteiger partial charge on any atom is -0.312 e. The zero-order valence-electron chi connectivity index (χ0n) is 11.0. The van der Waals surface area contributed by atoms with E-state index in [4.69, 9.17) is 0 Å². The molecule has 0 bridgehead atoms. The first-order valence-electron chi connectivity index (χ1n) is 6.57. The molecule has 0 N–H and O–H groups in total. The summed E-state index contributed by atoms with van der Waals surface area (Å²) in [6, 6.07) is 5.67. The number of ketones is 1. The number of amides is 1. The lowest BCUT2D eigenvalue weighted by Crippen LogP contribution is -2.35. The summed E-state index contributed by atoms with van der Waals surface area (Å²) in [6.07, 6.45) is 3.39. The van der Waals surface area contributed by atoms with Crippen molar-refractivity contribution in [3.05, 3.63) is 29.3 Å². The standard InChI is InChI=1S/C15H19NO2/c1-3-5-15(18)16-9-4-6-13-10-12(11(2)17)7-8-14(13)16/h7-8,10H,3-6,9H2,1-2H3. The van der Waals surface area contributed by atoms with E-state index >= 15 is 0 Å². The highest BCUT2D eigenvalue weighted by Crippen LogP contribution is 2.28. The summed E-state index contributed by atoms with van der Waals surface area (Å²) >= 11 is 0. The Morgan fingerprint density at radius 3 is 2.78 bits per heavy atom. The molecule has 0 radical (unpaired) electrons. The number of carbonyl (C=O) groups is 2. The van der Waals surface area contributed by atoms with Gasteiger partial charge in [-0.3, -0.25) is 9.59 Å². The quantitative estimate of drug-likeness (QED) is 0.768. The lowest BCUT2D eigenvalue weighted by atomic mass is 9.97. The Hall–Kier alpha value is -1.64. The zero-order chi connectivity index (χ0) is 13.1. The van der Waals surface area contributed by atoms with Gasteiger partial charge in [0.1, 0.15) is 0 Å². The van der Waals surface area contributed by atoms with Crippen molar-refractivity contribution < 1.29 is 9.59 Å². The second-order valence-corrected chi connectivity index (χ2v) is 4.80. The van der Waals surface area contributed by atoms with Crippen LogP contribution in [0, 0.1) is 0 Å². The Balaban J connectivity index is 2.32. The first-order chi connectivity index (χ1) is 8.63. The minimum absolute atomic E-state index is 0.0785. The number of hydrogen-bond acceptors (Lipinski definition) is 2. The topological polar surface area (TPSA) is 37.4 Å². The number of aryl methyl sites for hydroxylation is 1. The van der Waals surface area contributed by atoms with Crippen molar-refractivity contribution in [3.63, 3.8) is 0 Å². The normalized spacial score (nSPS) is 14.2. The number of hydrogen-bond donors (Lipinski definition) is 0. The Morgan fingerprint density at radius 1 is 1.33 bits per heavy atom. The number of carbonyl (C=O) groups excluding carboxylic acids is 2. The van der Waals surface area contributed by atoms with Crippen LogP contribution in [0.4, 0.5) is 5.69 Å². The molecule has 0 fully saturated rings. The van der Waals surface area contributed by atoms with E-state index in [1.165, 1.54) is 0 Å².